The maximum absolute atomic E-state index is 12.8. The van der Waals surface area contributed by atoms with Crippen molar-refractivity contribution in [3.8, 4) is 5.75 Å². The van der Waals surface area contributed by atoms with Crippen LogP contribution in [0.5, 0.6) is 5.75 Å². The summed E-state index contributed by atoms with van der Waals surface area (Å²) >= 11 is 5.32. The van der Waals surface area contributed by atoms with Gasteiger partial charge < -0.3 is 15.0 Å². The van der Waals surface area contributed by atoms with Crippen LogP contribution in [0.25, 0.3) is 0 Å². The van der Waals surface area contributed by atoms with Gasteiger partial charge in [0.15, 0.2) is 16.6 Å². The van der Waals surface area contributed by atoms with Crippen molar-refractivity contribution in [3.05, 3.63) is 66.2 Å². The average molecular weight is 323 g/mol. The van der Waals surface area contributed by atoms with Gasteiger partial charge in [-0.2, -0.15) is 0 Å². The van der Waals surface area contributed by atoms with Crippen LogP contribution in [0.1, 0.15) is 0 Å². The van der Waals surface area contributed by atoms with Gasteiger partial charge in [-0.3, -0.25) is 9.69 Å². The van der Waals surface area contributed by atoms with Gasteiger partial charge in [0.1, 0.15) is 0 Å². The number of benzene rings is 2. The monoisotopic (exact) mass is 323 g/mol. The van der Waals surface area contributed by atoms with Gasteiger partial charge >= 0.3 is 0 Å². The number of amides is 1. The summed E-state index contributed by atoms with van der Waals surface area (Å²) in [4.78, 5) is 16.1. The Bertz CT molecular complexity index is 848. The Hall–Kier alpha value is -2.86. The third kappa shape index (κ3) is 2.07. The highest BCUT2D eigenvalue weighted by Gasteiger charge is 2.38. The molecule has 2 aromatic rings. The Kier molecular flexibility index (Phi) is 3.06. The summed E-state index contributed by atoms with van der Waals surface area (Å²) in [6.07, 6.45) is 0. The maximum atomic E-state index is 12.8. The van der Waals surface area contributed by atoms with Gasteiger partial charge in [-0.05, 0) is 36.5 Å². The molecule has 1 fully saturated rings. The molecule has 4 rings (SSSR count). The van der Waals surface area contributed by atoms with Crippen LogP contribution in [0.4, 0.5) is 11.4 Å². The van der Waals surface area contributed by atoms with Gasteiger partial charge in [-0.1, -0.05) is 30.3 Å². The van der Waals surface area contributed by atoms with Gasteiger partial charge in [0.05, 0.1) is 11.4 Å². The maximum Gasteiger partial charge on any atom is 0.286 e. The molecular formula is C17H13N3O2S. The van der Waals surface area contributed by atoms with E-state index in [0.29, 0.717) is 16.7 Å². The Labute approximate surface area is 138 Å². The molecule has 0 aliphatic carbocycles. The lowest BCUT2D eigenvalue weighted by molar-refractivity contribution is -0.114. The normalized spacial score (nSPS) is 19.7. The number of carbonyl (C=O) groups excluding carboxylic acids is 1. The van der Waals surface area contributed by atoms with Crippen LogP contribution in [0.2, 0.25) is 0 Å². The molecule has 2 heterocycles. The van der Waals surface area contributed by atoms with Gasteiger partial charge in [0.25, 0.3) is 5.91 Å². The second-order valence-electron chi connectivity index (χ2n) is 5.22. The summed E-state index contributed by atoms with van der Waals surface area (Å²) in [7, 11) is 1.86. The van der Waals surface area contributed by atoms with Crippen LogP contribution in [-0.2, 0) is 4.79 Å². The van der Waals surface area contributed by atoms with E-state index in [1.165, 1.54) is 4.90 Å². The topological polar surface area (TPSA) is 44.8 Å². The van der Waals surface area contributed by atoms with Crippen LogP contribution in [-0.4, -0.2) is 18.1 Å². The smallest absolute Gasteiger partial charge is 0.286 e. The van der Waals surface area contributed by atoms with E-state index in [1.807, 2.05) is 66.5 Å². The van der Waals surface area contributed by atoms with E-state index in [1.54, 1.807) is 0 Å². The fourth-order valence-corrected chi connectivity index (χ4v) is 2.99. The quantitative estimate of drug-likeness (QED) is 0.646. The molecule has 2 aliphatic rings. The van der Waals surface area contributed by atoms with Crippen molar-refractivity contribution in [1.29, 1.82) is 0 Å². The average Bonchev–Trinajstić information content (AvgIpc) is 3.05. The van der Waals surface area contributed by atoms with Crippen LogP contribution in [0.3, 0.4) is 0 Å². The molecule has 0 unspecified atom stereocenters. The van der Waals surface area contributed by atoms with Crippen molar-refractivity contribution in [1.82, 2.24) is 5.32 Å². The molecule has 1 amide bonds. The van der Waals surface area contributed by atoms with Gasteiger partial charge in [0, 0.05) is 7.05 Å². The second kappa shape index (κ2) is 5.10. The summed E-state index contributed by atoms with van der Waals surface area (Å²) in [6, 6.07) is 16.9. The standard InChI is InChI=1S/C17H13N3O2S/c1-19-12-9-5-6-10-13(12)22-16(19)14-15(21)20(17(23)18-14)11-7-3-2-4-8-11/h2-10H,1H3,(H,18,23)/b16-14-. The minimum atomic E-state index is -0.226. The molecule has 0 saturated carbocycles. The summed E-state index contributed by atoms with van der Waals surface area (Å²) in [6.45, 7) is 0. The van der Waals surface area contributed by atoms with E-state index >= 15 is 0 Å². The first-order valence-corrected chi connectivity index (χ1v) is 7.53. The Morgan fingerprint density at radius 2 is 1.74 bits per heavy atom. The number of hydrogen-bond donors (Lipinski definition) is 1. The Balaban J connectivity index is 1.75. The Morgan fingerprint density at radius 3 is 2.48 bits per heavy atom. The first kappa shape index (κ1) is 13.8. The van der Waals surface area contributed by atoms with Crippen LogP contribution in [0.15, 0.2) is 66.2 Å². The molecule has 0 spiro atoms. The molecule has 114 valence electrons. The van der Waals surface area contributed by atoms with Crippen LogP contribution >= 0.6 is 12.2 Å². The van der Waals surface area contributed by atoms with Crippen LogP contribution in [0, 0.1) is 0 Å². The number of anilines is 2. The highest BCUT2D eigenvalue weighted by atomic mass is 32.1. The lowest BCUT2D eigenvalue weighted by Gasteiger charge is -2.14. The zero-order valence-corrected chi connectivity index (χ0v) is 13.1. The number of thiocarbonyl (C=S) groups is 1. The largest absolute Gasteiger partial charge is 0.436 e. The van der Waals surface area contributed by atoms with E-state index in [2.05, 4.69) is 5.32 Å². The van der Waals surface area contributed by atoms with Gasteiger partial charge in [-0.25, -0.2) is 0 Å². The zero-order valence-electron chi connectivity index (χ0n) is 12.3. The summed E-state index contributed by atoms with van der Waals surface area (Å²) < 4.78 is 5.84. The third-order valence-electron chi connectivity index (χ3n) is 3.82. The van der Waals surface area contributed by atoms with Crippen molar-refractivity contribution in [2.24, 2.45) is 0 Å². The molecular weight excluding hydrogens is 310 g/mol. The van der Waals surface area contributed by atoms with E-state index in [-0.39, 0.29) is 5.91 Å². The lowest BCUT2D eigenvalue weighted by Crippen LogP contribution is -2.30. The highest BCUT2D eigenvalue weighted by molar-refractivity contribution is 7.80. The molecule has 0 atom stereocenters. The first-order chi connectivity index (χ1) is 11.2. The molecule has 0 aromatic heterocycles. The highest BCUT2D eigenvalue weighted by Crippen LogP contribution is 2.39. The molecule has 23 heavy (non-hydrogen) atoms. The van der Waals surface area contributed by atoms with E-state index < -0.39 is 0 Å². The predicted octanol–water partition coefficient (Wildman–Crippen LogP) is 2.61. The number of fused-ring (bicyclic) bond motifs is 1. The van der Waals surface area contributed by atoms with E-state index in [0.717, 1.165) is 17.1 Å². The number of nitrogens with zero attached hydrogens (tertiary/aromatic N) is 2. The van der Waals surface area contributed by atoms with Crippen molar-refractivity contribution in [2.75, 3.05) is 16.8 Å². The minimum Gasteiger partial charge on any atom is -0.436 e. The molecule has 2 aromatic carbocycles. The van der Waals surface area contributed by atoms with E-state index in [9.17, 15) is 4.79 Å². The van der Waals surface area contributed by atoms with Crippen LogP contribution < -0.4 is 19.9 Å². The molecule has 1 saturated heterocycles. The summed E-state index contributed by atoms with van der Waals surface area (Å²) in [5.41, 5.74) is 1.98. The first-order valence-electron chi connectivity index (χ1n) is 7.12. The van der Waals surface area contributed by atoms with Gasteiger partial charge in [0.2, 0.25) is 5.88 Å². The van der Waals surface area contributed by atoms with Crippen molar-refractivity contribution >= 4 is 34.6 Å². The number of hydrogen-bond acceptors (Lipinski definition) is 4. The van der Waals surface area contributed by atoms with Gasteiger partial charge in [-0.15, -0.1) is 0 Å². The van der Waals surface area contributed by atoms with Crippen molar-refractivity contribution in [3.63, 3.8) is 0 Å². The third-order valence-corrected chi connectivity index (χ3v) is 4.10. The zero-order chi connectivity index (χ0) is 16.0. The number of carbonyl (C=O) groups is 1. The molecule has 0 radical (unpaired) electrons. The molecule has 6 heteroatoms. The number of nitrogens with one attached hydrogen (secondary N) is 1. The lowest BCUT2D eigenvalue weighted by atomic mass is 10.3. The molecule has 2 aliphatic heterocycles. The van der Waals surface area contributed by atoms with Crippen molar-refractivity contribution in [2.45, 2.75) is 0 Å². The fraction of sp³-hybridized carbons (Fsp3) is 0.0588. The minimum absolute atomic E-state index is 0.226. The number of rotatable bonds is 1. The Morgan fingerprint density at radius 1 is 1.04 bits per heavy atom. The fourth-order valence-electron chi connectivity index (χ4n) is 2.70. The second-order valence-corrected chi connectivity index (χ2v) is 5.60. The number of ether oxygens (including phenoxy) is 1. The SMILES string of the molecule is CN1/C(=C2/NC(=S)N(c3ccccc3)C2=O)Oc2ccccc21. The summed E-state index contributed by atoms with van der Waals surface area (Å²) in [5.74, 6) is 0.948. The predicted molar refractivity (Wildman–Crippen MR) is 92.2 cm³/mol. The molecule has 5 nitrogen and oxygen atoms in total. The number of para-hydroxylation sites is 3. The van der Waals surface area contributed by atoms with Crippen molar-refractivity contribution < 1.29 is 9.53 Å². The summed E-state index contributed by atoms with van der Waals surface area (Å²) in [5, 5.41) is 3.32. The molecule has 1 N–H and O–H groups in total. The van der Waals surface area contributed by atoms with E-state index in [4.69, 9.17) is 17.0 Å². The molecule has 0 bridgehead atoms.